The van der Waals surface area contributed by atoms with E-state index in [1.165, 1.54) is 0 Å². The van der Waals surface area contributed by atoms with Crippen molar-refractivity contribution >= 4 is 11.6 Å². The van der Waals surface area contributed by atoms with Crippen molar-refractivity contribution in [3.63, 3.8) is 0 Å². The Balaban J connectivity index is 3.46. The average Bonchev–Trinajstić information content (AvgIpc) is 2.14. The van der Waals surface area contributed by atoms with E-state index in [2.05, 4.69) is 4.98 Å². The normalized spacial score (nSPS) is 11.6. The lowest BCUT2D eigenvalue weighted by Crippen LogP contribution is -2.10. The fourth-order valence-electron chi connectivity index (χ4n) is 0.962. The van der Waals surface area contributed by atoms with E-state index >= 15 is 0 Å². The van der Waals surface area contributed by atoms with E-state index in [0.29, 0.717) is 0 Å². The maximum Gasteiger partial charge on any atom is 0.433 e. The molecule has 16 heavy (non-hydrogen) atoms. The van der Waals surface area contributed by atoms with Crippen molar-refractivity contribution in [3.05, 3.63) is 28.0 Å². The van der Waals surface area contributed by atoms with Crippen LogP contribution in [0.15, 0.2) is 6.07 Å². The van der Waals surface area contributed by atoms with E-state index < -0.39 is 34.6 Å². The van der Waals surface area contributed by atoms with E-state index in [1.807, 2.05) is 0 Å². The van der Waals surface area contributed by atoms with E-state index in [9.17, 15) is 22.0 Å². The molecule has 0 fully saturated rings. The molecule has 0 aliphatic carbocycles. The van der Waals surface area contributed by atoms with Gasteiger partial charge in [-0.05, 0) is 6.07 Å². The molecular weight excluding hydrogens is 255 g/mol. The zero-order valence-corrected chi connectivity index (χ0v) is 8.07. The fraction of sp³-hybridized carbons (Fsp3) is 0.250. The summed E-state index contributed by atoms with van der Waals surface area (Å²) in [6, 6.07) is 1.42. The molecular formula is C8H2ClF5N2. The third-order valence-electron chi connectivity index (χ3n) is 1.62. The van der Waals surface area contributed by atoms with Crippen LogP contribution in [0, 0.1) is 11.3 Å². The summed E-state index contributed by atoms with van der Waals surface area (Å²) in [6.07, 6.45) is -7.99. The number of hydrogen-bond acceptors (Lipinski definition) is 2. The van der Waals surface area contributed by atoms with E-state index in [0.717, 1.165) is 6.07 Å². The van der Waals surface area contributed by atoms with Gasteiger partial charge in [-0.15, -0.1) is 0 Å². The number of nitrogens with zero attached hydrogens (tertiary/aromatic N) is 2. The third-order valence-corrected chi connectivity index (χ3v) is 1.94. The fourth-order valence-corrected chi connectivity index (χ4v) is 1.24. The van der Waals surface area contributed by atoms with Gasteiger partial charge in [0.05, 0.1) is 10.6 Å². The Morgan fingerprint density at radius 1 is 1.38 bits per heavy atom. The van der Waals surface area contributed by atoms with Gasteiger partial charge in [-0.2, -0.15) is 18.4 Å². The monoisotopic (exact) mass is 256 g/mol. The summed E-state index contributed by atoms with van der Waals surface area (Å²) in [6.45, 7) is 0. The summed E-state index contributed by atoms with van der Waals surface area (Å²) in [4.78, 5) is 2.79. The highest BCUT2D eigenvalue weighted by Crippen LogP contribution is 2.35. The molecule has 86 valence electrons. The van der Waals surface area contributed by atoms with E-state index in [-0.39, 0.29) is 6.07 Å². The molecule has 0 N–H and O–H groups in total. The topological polar surface area (TPSA) is 36.7 Å². The molecule has 0 saturated carbocycles. The third kappa shape index (κ3) is 2.39. The van der Waals surface area contributed by atoms with Crippen LogP contribution in [0.2, 0.25) is 5.02 Å². The quantitative estimate of drug-likeness (QED) is 0.720. The molecule has 0 aliphatic rings. The van der Waals surface area contributed by atoms with Crippen LogP contribution in [0.4, 0.5) is 22.0 Å². The summed E-state index contributed by atoms with van der Waals surface area (Å²) in [7, 11) is 0. The SMILES string of the molecule is N#Cc1nc(C(F)(F)F)cc(Cl)c1C(F)F. The van der Waals surface area contributed by atoms with Crippen LogP contribution in [-0.4, -0.2) is 4.98 Å². The standard InChI is InChI=1S/C8H2ClF5N2/c9-3-1-5(8(12,13)14)16-4(2-15)6(3)7(10)11/h1,7H. The van der Waals surface area contributed by atoms with Gasteiger partial charge >= 0.3 is 6.18 Å². The van der Waals surface area contributed by atoms with Crippen LogP contribution in [0.5, 0.6) is 0 Å². The van der Waals surface area contributed by atoms with Gasteiger partial charge in [0, 0.05) is 0 Å². The first kappa shape index (κ1) is 12.6. The Kier molecular flexibility index (Phi) is 3.33. The summed E-state index contributed by atoms with van der Waals surface area (Å²) in [5, 5.41) is 7.58. The molecule has 0 aliphatic heterocycles. The van der Waals surface area contributed by atoms with Gasteiger partial charge in [-0.1, -0.05) is 11.6 Å². The molecule has 0 bridgehead atoms. The maximum atomic E-state index is 12.3. The molecule has 0 aromatic carbocycles. The number of alkyl halides is 5. The highest BCUT2D eigenvalue weighted by Gasteiger charge is 2.35. The first-order valence-corrected chi connectivity index (χ1v) is 4.11. The second-order valence-electron chi connectivity index (χ2n) is 2.66. The van der Waals surface area contributed by atoms with Crippen LogP contribution >= 0.6 is 11.6 Å². The van der Waals surface area contributed by atoms with Crippen LogP contribution in [0.3, 0.4) is 0 Å². The number of hydrogen-bond donors (Lipinski definition) is 0. The van der Waals surface area contributed by atoms with Crippen molar-refractivity contribution in [3.8, 4) is 6.07 Å². The molecule has 2 nitrogen and oxygen atoms in total. The lowest BCUT2D eigenvalue weighted by molar-refractivity contribution is -0.141. The smallest absolute Gasteiger partial charge is 0.232 e. The first-order valence-electron chi connectivity index (χ1n) is 3.73. The minimum absolute atomic E-state index is 0.268. The van der Waals surface area contributed by atoms with Crippen molar-refractivity contribution in [1.82, 2.24) is 4.98 Å². The Hall–Kier alpha value is -1.42. The van der Waals surface area contributed by atoms with Crippen molar-refractivity contribution < 1.29 is 22.0 Å². The minimum Gasteiger partial charge on any atom is -0.232 e. The van der Waals surface area contributed by atoms with Crippen molar-refractivity contribution in [1.29, 1.82) is 5.26 Å². The molecule has 1 aromatic heterocycles. The number of nitriles is 1. The lowest BCUT2D eigenvalue weighted by atomic mass is 10.2. The highest BCUT2D eigenvalue weighted by molar-refractivity contribution is 6.31. The van der Waals surface area contributed by atoms with Gasteiger partial charge in [0.15, 0.2) is 5.69 Å². The van der Waals surface area contributed by atoms with E-state index in [4.69, 9.17) is 16.9 Å². The summed E-state index contributed by atoms with van der Waals surface area (Å²) >= 11 is 5.24. The molecule has 1 aromatic rings. The van der Waals surface area contributed by atoms with Crippen LogP contribution in [-0.2, 0) is 6.18 Å². The van der Waals surface area contributed by atoms with E-state index in [1.54, 1.807) is 0 Å². The summed E-state index contributed by atoms with van der Waals surface area (Å²) in [5.74, 6) is 0. The van der Waals surface area contributed by atoms with Gasteiger partial charge < -0.3 is 0 Å². The van der Waals surface area contributed by atoms with Gasteiger partial charge in [-0.3, -0.25) is 0 Å². The summed E-state index contributed by atoms with van der Waals surface area (Å²) in [5.41, 5.74) is -3.48. The molecule has 1 heterocycles. The molecule has 0 radical (unpaired) electrons. The first-order chi connectivity index (χ1) is 7.27. The van der Waals surface area contributed by atoms with Crippen LogP contribution in [0.25, 0.3) is 0 Å². The van der Waals surface area contributed by atoms with Gasteiger partial charge in [-0.25, -0.2) is 13.8 Å². The summed E-state index contributed by atoms with van der Waals surface area (Å²) < 4.78 is 61.3. The largest absolute Gasteiger partial charge is 0.433 e. The minimum atomic E-state index is -4.84. The number of aromatic nitrogens is 1. The Labute approximate surface area is 91.3 Å². The molecule has 0 saturated heterocycles. The second-order valence-corrected chi connectivity index (χ2v) is 3.07. The Morgan fingerprint density at radius 3 is 2.31 bits per heavy atom. The second kappa shape index (κ2) is 4.22. The van der Waals surface area contributed by atoms with Crippen LogP contribution < -0.4 is 0 Å². The molecule has 0 amide bonds. The van der Waals surface area contributed by atoms with Crippen molar-refractivity contribution in [2.24, 2.45) is 0 Å². The van der Waals surface area contributed by atoms with Gasteiger partial charge in [0.2, 0.25) is 0 Å². The Morgan fingerprint density at radius 2 is 1.94 bits per heavy atom. The average molecular weight is 257 g/mol. The predicted octanol–water partition coefficient (Wildman–Crippen LogP) is 3.56. The molecule has 0 unspecified atom stereocenters. The molecule has 0 atom stereocenters. The zero-order valence-electron chi connectivity index (χ0n) is 7.32. The lowest BCUT2D eigenvalue weighted by Gasteiger charge is -2.10. The predicted molar refractivity (Wildman–Crippen MR) is 43.9 cm³/mol. The molecule has 1 rings (SSSR count). The number of halogens is 6. The number of pyridine rings is 1. The highest BCUT2D eigenvalue weighted by atomic mass is 35.5. The van der Waals surface area contributed by atoms with Gasteiger partial charge in [0.1, 0.15) is 11.8 Å². The zero-order chi connectivity index (χ0) is 12.5. The van der Waals surface area contributed by atoms with Crippen molar-refractivity contribution in [2.45, 2.75) is 12.6 Å². The van der Waals surface area contributed by atoms with Crippen LogP contribution in [0.1, 0.15) is 23.4 Å². The molecule has 0 spiro atoms. The molecule has 8 heteroatoms. The maximum absolute atomic E-state index is 12.3. The van der Waals surface area contributed by atoms with Crippen molar-refractivity contribution in [2.75, 3.05) is 0 Å². The number of rotatable bonds is 1. The van der Waals surface area contributed by atoms with Gasteiger partial charge in [0.25, 0.3) is 6.43 Å². The Bertz CT molecular complexity index is 449.